The highest BCUT2D eigenvalue weighted by Crippen LogP contribution is 2.28. The van der Waals surface area contributed by atoms with Crippen LogP contribution in [0, 0.1) is 6.92 Å². The lowest BCUT2D eigenvalue weighted by Crippen LogP contribution is -2.35. The smallest absolute Gasteiger partial charge is 0.0944 e. The van der Waals surface area contributed by atoms with E-state index in [1.165, 1.54) is 43.4 Å². The van der Waals surface area contributed by atoms with Gasteiger partial charge in [-0.1, -0.05) is 37.5 Å². The van der Waals surface area contributed by atoms with E-state index >= 15 is 0 Å². The van der Waals surface area contributed by atoms with Crippen molar-refractivity contribution in [3.05, 3.63) is 42.2 Å². The van der Waals surface area contributed by atoms with Gasteiger partial charge in [-0.25, -0.2) is 0 Å². The average Bonchev–Trinajstić information content (AvgIpc) is 2.90. The number of hydrogen-bond acceptors (Lipinski definition) is 2. The van der Waals surface area contributed by atoms with Crippen LogP contribution in [-0.2, 0) is 0 Å². The fourth-order valence-corrected chi connectivity index (χ4v) is 3.13. The van der Waals surface area contributed by atoms with Gasteiger partial charge in [0.05, 0.1) is 6.67 Å². The van der Waals surface area contributed by atoms with E-state index < -0.39 is 0 Å². The maximum atomic E-state index is 2.52. The van der Waals surface area contributed by atoms with Gasteiger partial charge >= 0.3 is 0 Å². The third-order valence-corrected chi connectivity index (χ3v) is 4.22. The molecule has 1 aromatic rings. The summed E-state index contributed by atoms with van der Waals surface area (Å²) < 4.78 is 0. The molecule has 0 bridgehead atoms. The Morgan fingerprint density at radius 2 is 1.78 bits per heavy atom. The molecule has 0 radical (unpaired) electrons. The SMILES string of the molecule is Cc1ccccc1N1C=CN(C2CCCCC2)C1. The summed E-state index contributed by atoms with van der Waals surface area (Å²) in [5, 5.41) is 0. The summed E-state index contributed by atoms with van der Waals surface area (Å²) in [7, 11) is 0. The number of benzene rings is 1. The molecule has 0 unspecified atom stereocenters. The van der Waals surface area contributed by atoms with Crippen LogP contribution in [0.4, 0.5) is 5.69 Å². The molecule has 3 rings (SSSR count). The molecule has 0 spiro atoms. The quantitative estimate of drug-likeness (QED) is 0.776. The predicted octanol–water partition coefficient (Wildman–Crippen LogP) is 3.88. The van der Waals surface area contributed by atoms with Gasteiger partial charge in [-0.05, 0) is 31.4 Å². The van der Waals surface area contributed by atoms with Crippen molar-refractivity contribution in [2.75, 3.05) is 11.6 Å². The topological polar surface area (TPSA) is 6.48 Å². The molecule has 1 aliphatic heterocycles. The van der Waals surface area contributed by atoms with Crippen molar-refractivity contribution < 1.29 is 0 Å². The van der Waals surface area contributed by atoms with Gasteiger partial charge in [0.25, 0.3) is 0 Å². The fraction of sp³-hybridized carbons (Fsp3) is 0.500. The minimum atomic E-state index is 0.768. The van der Waals surface area contributed by atoms with E-state index in [0.29, 0.717) is 0 Å². The van der Waals surface area contributed by atoms with Crippen molar-refractivity contribution in [1.82, 2.24) is 4.90 Å². The minimum Gasteiger partial charge on any atom is -0.355 e. The first kappa shape index (κ1) is 11.6. The third-order valence-electron chi connectivity index (χ3n) is 4.22. The van der Waals surface area contributed by atoms with Crippen LogP contribution in [0.1, 0.15) is 37.7 Å². The summed E-state index contributed by atoms with van der Waals surface area (Å²) in [5.74, 6) is 0. The molecular formula is C16H22N2. The Balaban J connectivity index is 1.69. The normalized spacial score (nSPS) is 20.7. The lowest BCUT2D eigenvalue weighted by molar-refractivity contribution is 0.232. The Morgan fingerprint density at radius 1 is 1.00 bits per heavy atom. The molecule has 1 heterocycles. The average molecular weight is 242 g/mol. The maximum absolute atomic E-state index is 2.52. The van der Waals surface area contributed by atoms with E-state index in [2.05, 4.69) is 53.4 Å². The van der Waals surface area contributed by atoms with Gasteiger partial charge in [0, 0.05) is 24.1 Å². The van der Waals surface area contributed by atoms with Crippen LogP contribution in [0.5, 0.6) is 0 Å². The Labute approximate surface area is 110 Å². The molecule has 2 aliphatic rings. The van der Waals surface area contributed by atoms with E-state index in [9.17, 15) is 0 Å². The van der Waals surface area contributed by atoms with Gasteiger partial charge in [0.1, 0.15) is 0 Å². The van der Waals surface area contributed by atoms with Gasteiger partial charge < -0.3 is 9.80 Å². The minimum absolute atomic E-state index is 0.768. The molecule has 1 aromatic carbocycles. The lowest BCUT2D eigenvalue weighted by Gasteiger charge is -2.32. The van der Waals surface area contributed by atoms with E-state index in [-0.39, 0.29) is 0 Å². The third kappa shape index (κ3) is 2.24. The second-order valence-corrected chi connectivity index (χ2v) is 5.50. The monoisotopic (exact) mass is 242 g/mol. The summed E-state index contributed by atoms with van der Waals surface area (Å²) in [6, 6.07) is 9.40. The molecule has 96 valence electrons. The van der Waals surface area contributed by atoms with Gasteiger partial charge in [-0.2, -0.15) is 0 Å². The van der Waals surface area contributed by atoms with E-state index in [4.69, 9.17) is 0 Å². The van der Waals surface area contributed by atoms with Crippen molar-refractivity contribution in [3.63, 3.8) is 0 Å². The lowest BCUT2D eigenvalue weighted by atomic mass is 9.95. The summed E-state index contributed by atoms with van der Waals surface area (Å²) >= 11 is 0. The number of para-hydroxylation sites is 1. The molecule has 0 saturated heterocycles. The van der Waals surface area contributed by atoms with Crippen LogP contribution in [0.2, 0.25) is 0 Å². The number of rotatable bonds is 2. The molecule has 2 nitrogen and oxygen atoms in total. The zero-order valence-electron chi connectivity index (χ0n) is 11.2. The van der Waals surface area contributed by atoms with Crippen LogP contribution < -0.4 is 4.90 Å². The van der Waals surface area contributed by atoms with E-state index in [1.807, 2.05) is 0 Å². The van der Waals surface area contributed by atoms with Crippen molar-refractivity contribution in [2.24, 2.45) is 0 Å². The second kappa shape index (κ2) is 5.05. The highest BCUT2D eigenvalue weighted by molar-refractivity contribution is 5.55. The second-order valence-electron chi connectivity index (χ2n) is 5.50. The van der Waals surface area contributed by atoms with Crippen molar-refractivity contribution in [1.29, 1.82) is 0 Å². The Kier molecular flexibility index (Phi) is 3.26. The number of nitrogens with zero attached hydrogens (tertiary/aromatic N) is 2. The molecule has 0 N–H and O–H groups in total. The predicted molar refractivity (Wildman–Crippen MR) is 76.4 cm³/mol. The van der Waals surface area contributed by atoms with Crippen LogP contribution in [0.3, 0.4) is 0 Å². The first-order valence-electron chi connectivity index (χ1n) is 7.11. The highest BCUT2D eigenvalue weighted by atomic mass is 15.4. The number of anilines is 1. The molecule has 0 aromatic heterocycles. The van der Waals surface area contributed by atoms with Crippen LogP contribution in [0.15, 0.2) is 36.7 Å². The molecule has 0 atom stereocenters. The van der Waals surface area contributed by atoms with Gasteiger partial charge in [-0.15, -0.1) is 0 Å². The van der Waals surface area contributed by atoms with Crippen molar-refractivity contribution in [3.8, 4) is 0 Å². The fourth-order valence-electron chi connectivity index (χ4n) is 3.13. The Hall–Kier alpha value is -1.44. The molecule has 1 aliphatic carbocycles. The Bertz CT molecular complexity index is 432. The van der Waals surface area contributed by atoms with Gasteiger partial charge in [-0.3, -0.25) is 0 Å². The van der Waals surface area contributed by atoms with Crippen LogP contribution >= 0.6 is 0 Å². The summed E-state index contributed by atoms with van der Waals surface area (Å²) in [6.07, 6.45) is 11.5. The standard InChI is InChI=1S/C16H22N2/c1-14-7-5-6-10-16(14)18-12-11-17(13-18)15-8-3-2-4-9-15/h5-7,10-12,15H,2-4,8-9,13H2,1H3. The van der Waals surface area contributed by atoms with Crippen molar-refractivity contribution in [2.45, 2.75) is 45.1 Å². The van der Waals surface area contributed by atoms with Gasteiger partial charge in [0.2, 0.25) is 0 Å². The van der Waals surface area contributed by atoms with Crippen molar-refractivity contribution >= 4 is 5.69 Å². The molecule has 2 heteroatoms. The zero-order valence-corrected chi connectivity index (χ0v) is 11.2. The van der Waals surface area contributed by atoms with E-state index in [0.717, 1.165) is 12.7 Å². The number of hydrogen-bond donors (Lipinski definition) is 0. The zero-order chi connectivity index (χ0) is 12.4. The summed E-state index contributed by atoms with van der Waals surface area (Å²) in [4.78, 5) is 4.88. The molecule has 18 heavy (non-hydrogen) atoms. The largest absolute Gasteiger partial charge is 0.355 e. The molecule has 0 amide bonds. The first-order chi connectivity index (χ1) is 8.84. The van der Waals surface area contributed by atoms with Crippen LogP contribution in [-0.4, -0.2) is 17.6 Å². The van der Waals surface area contributed by atoms with Crippen LogP contribution in [0.25, 0.3) is 0 Å². The summed E-state index contributed by atoms with van der Waals surface area (Å²) in [6.45, 7) is 3.21. The maximum Gasteiger partial charge on any atom is 0.0944 e. The Morgan fingerprint density at radius 3 is 2.56 bits per heavy atom. The summed E-state index contributed by atoms with van der Waals surface area (Å²) in [5.41, 5.74) is 2.69. The molecule has 1 saturated carbocycles. The number of aryl methyl sites for hydroxylation is 1. The molecule has 1 fully saturated rings. The first-order valence-corrected chi connectivity index (χ1v) is 7.11. The van der Waals surface area contributed by atoms with Gasteiger partial charge in [0.15, 0.2) is 0 Å². The molecular weight excluding hydrogens is 220 g/mol. The highest BCUT2D eigenvalue weighted by Gasteiger charge is 2.23. The van der Waals surface area contributed by atoms with E-state index in [1.54, 1.807) is 0 Å².